The average Bonchev–Trinajstić information content (AvgIpc) is 2.70. The maximum absolute atomic E-state index is 13.6. The lowest BCUT2D eigenvalue weighted by molar-refractivity contribution is -0.274. The number of rotatable bonds is 1. The van der Waals surface area contributed by atoms with Crippen molar-refractivity contribution in [3.63, 3.8) is 0 Å². The highest BCUT2D eigenvalue weighted by Crippen LogP contribution is 2.26. The molecule has 31 heavy (non-hydrogen) atoms. The molecule has 0 bridgehead atoms. The quantitative estimate of drug-likeness (QED) is 0.329. The lowest BCUT2D eigenvalue weighted by atomic mass is 10.1. The van der Waals surface area contributed by atoms with E-state index in [-0.39, 0.29) is 16.9 Å². The lowest BCUT2D eigenvalue weighted by Gasteiger charge is -2.11. The third-order valence-electron chi connectivity index (χ3n) is 4.28. The molecule has 0 spiro atoms. The Hall–Kier alpha value is -3.77. The number of aryl methyl sites for hydroxylation is 1. The molecule has 0 aliphatic heterocycles. The van der Waals surface area contributed by atoms with E-state index in [1.807, 2.05) is 0 Å². The zero-order chi connectivity index (χ0) is 22.6. The minimum Gasteiger partial charge on any atom is -0.405 e. The number of halogens is 5. The van der Waals surface area contributed by atoms with Gasteiger partial charge in [0.25, 0.3) is 0 Å². The van der Waals surface area contributed by atoms with Gasteiger partial charge in [-0.05, 0) is 67.9 Å². The van der Waals surface area contributed by atoms with Crippen molar-refractivity contribution in [1.29, 1.82) is 0 Å². The summed E-state index contributed by atoms with van der Waals surface area (Å²) in [7, 11) is 0. The molecular formula is C25H15F5O. The van der Waals surface area contributed by atoms with Gasteiger partial charge in [-0.1, -0.05) is 29.7 Å². The SMILES string of the molecule is Cc1ccc(C#Cc2ccc(C#Cc3cc(F)c(C)c(F)c3)cc2)cc1OC(F)(F)F. The van der Waals surface area contributed by atoms with E-state index < -0.39 is 18.0 Å². The molecule has 0 fully saturated rings. The highest BCUT2D eigenvalue weighted by molar-refractivity contribution is 5.50. The zero-order valence-corrected chi connectivity index (χ0v) is 16.5. The molecule has 0 aliphatic rings. The lowest BCUT2D eigenvalue weighted by Crippen LogP contribution is -2.17. The van der Waals surface area contributed by atoms with Gasteiger partial charge >= 0.3 is 6.36 Å². The van der Waals surface area contributed by atoms with Crippen LogP contribution in [0.2, 0.25) is 0 Å². The van der Waals surface area contributed by atoms with Gasteiger partial charge in [0.05, 0.1) is 0 Å². The highest BCUT2D eigenvalue weighted by Gasteiger charge is 2.31. The van der Waals surface area contributed by atoms with Crippen LogP contribution in [0.15, 0.2) is 54.6 Å². The van der Waals surface area contributed by atoms with Gasteiger partial charge in [0.1, 0.15) is 17.4 Å². The Labute approximate surface area is 176 Å². The summed E-state index contributed by atoms with van der Waals surface area (Å²) >= 11 is 0. The number of ether oxygens (including phenoxy) is 1. The summed E-state index contributed by atoms with van der Waals surface area (Å²) < 4.78 is 68.6. The monoisotopic (exact) mass is 426 g/mol. The molecule has 0 amide bonds. The van der Waals surface area contributed by atoms with E-state index >= 15 is 0 Å². The molecule has 0 saturated carbocycles. The van der Waals surface area contributed by atoms with Crippen molar-refractivity contribution in [3.8, 4) is 29.4 Å². The summed E-state index contributed by atoms with van der Waals surface area (Å²) in [5.74, 6) is 9.56. The summed E-state index contributed by atoms with van der Waals surface area (Å²) in [6.07, 6.45) is -4.77. The topological polar surface area (TPSA) is 9.23 Å². The predicted octanol–water partition coefficient (Wildman–Crippen LogP) is 6.28. The summed E-state index contributed by atoms with van der Waals surface area (Å²) in [6.45, 7) is 2.86. The average molecular weight is 426 g/mol. The van der Waals surface area contributed by atoms with Crippen LogP contribution in [0.3, 0.4) is 0 Å². The van der Waals surface area contributed by atoms with Crippen LogP contribution in [-0.4, -0.2) is 6.36 Å². The van der Waals surface area contributed by atoms with E-state index in [0.29, 0.717) is 22.3 Å². The van der Waals surface area contributed by atoms with Gasteiger partial charge in [-0.2, -0.15) is 0 Å². The molecule has 6 heteroatoms. The van der Waals surface area contributed by atoms with Gasteiger partial charge in [-0.3, -0.25) is 0 Å². The normalized spacial score (nSPS) is 10.5. The molecule has 156 valence electrons. The van der Waals surface area contributed by atoms with Gasteiger partial charge in [0.2, 0.25) is 0 Å². The molecule has 0 heterocycles. The van der Waals surface area contributed by atoms with Crippen molar-refractivity contribution >= 4 is 0 Å². The van der Waals surface area contributed by atoms with Crippen LogP contribution in [0.1, 0.15) is 33.4 Å². The molecule has 0 N–H and O–H groups in total. The van der Waals surface area contributed by atoms with Crippen LogP contribution in [0.5, 0.6) is 5.75 Å². The molecule has 0 saturated heterocycles. The summed E-state index contributed by atoms with van der Waals surface area (Å²) in [4.78, 5) is 0. The van der Waals surface area contributed by atoms with Gasteiger partial charge in [0, 0.05) is 27.8 Å². The molecular weight excluding hydrogens is 411 g/mol. The van der Waals surface area contributed by atoms with Crippen molar-refractivity contribution in [2.45, 2.75) is 20.2 Å². The Kier molecular flexibility index (Phi) is 6.32. The Bertz CT molecular complexity index is 1210. The number of benzene rings is 3. The predicted molar refractivity (Wildman–Crippen MR) is 107 cm³/mol. The van der Waals surface area contributed by atoms with Crippen LogP contribution < -0.4 is 4.74 Å². The maximum Gasteiger partial charge on any atom is 0.573 e. The summed E-state index contributed by atoms with van der Waals surface area (Å²) in [6, 6.07) is 13.4. The summed E-state index contributed by atoms with van der Waals surface area (Å²) in [5, 5.41) is 0. The molecule has 0 aromatic heterocycles. The largest absolute Gasteiger partial charge is 0.573 e. The first-order valence-electron chi connectivity index (χ1n) is 9.07. The standard InChI is InChI=1S/C25H15F5O/c1-16-3-4-20(15-24(16)31-25(28,29)30)11-9-18-5-7-19(8-6-18)10-12-21-13-22(26)17(2)23(27)14-21/h3-8,13-15H,1-2H3. The zero-order valence-electron chi connectivity index (χ0n) is 16.5. The minimum atomic E-state index is -4.77. The number of alkyl halides is 3. The van der Waals surface area contributed by atoms with Crippen molar-refractivity contribution in [2.24, 2.45) is 0 Å². The highest BCUT2D eigenvalue weighted by atomic mass is 19.4. The molecule has 0 atom stereocenters. The Morgan fingerprint density at radius 1 is 0.645 bits per heavy atom. The molecule has 0 unspecified atom stereocenters. The summed E-state index contributed by atoms with van der Waals surface area (Å²) in [5.41, 5.74) is 2.12. The van der Waals surface area contributed by atoms with E-state index in [4.69, 9.17) is 0 Å². The second-order valence-corrected chi connectivity index (χ2v) is 6.67. The second-order valence-electron chi connectivity index (χ2n) is 6.67. The van der Waals surface area contributed by atoms with Crippen molar-refractivity contribution in [1.82, 2.24) is 0 Å². The fraction of sp³-hybridized carbons (Fsp3) is 0.120. The van der Waals surface area contributed by atoms with E-state index in [0.717, 1.165) is 0 Å². The number of hydrogen-bond acceptors (Lipinski definition) is 1. The van der Waals surface area contributed by atoms with Crippen LogP contribution in [0.4, 0.5) is 22.0 Å². The fourth-order valence-corrected chi connectivity index (χ4v) is 2.56. The molecule has 0 radical (unpaired) electrons. The Balaban J connectivity index is 1.76. The first-order valence-corrected chi connectivity index (χ1v) is 9.07. The fourth-order valence-electron chi connectivity index (χ4n) is 2.56. The third kappa shape index (κ3) is 6.10. The van der Waals surface area contributed by atoms with E-state index in [1.165, 1.54) is 38.1 Å². The first kappa shape index (κ1) is 21.9. The molecule has 3 aromatic carbocycles. The van der Waals surface area contributed by atoms with Gasteiger partial charge < -0.3 is 4.74 Å². The van der Waals surface area contributed by atoms with Crippen LogP contribution >= 0.6 is 0 Å². The number of hydrogen-bond donors (Lipinski definition) is 0. The van der Waals surface area contributed by atoms with Gasteiger partial charge in [-0.15, -0.1) is 13.2 Å². The molecule has 0 aliphatic carbocycles. The third-order valence-corrected chi connectivity index (χ3v) is 4.28. The smallest absolute Gasteiger partial charge is 0.405 e. The molecule has 3 rings (SSSR count). The van der Waals surface area contributed by atoms with Crippen LogP contribution in [-0.2, 0) is 0 Å². The van der Waals surface area contributed by atoms with Crippen molar-refractivity contribution in [2.75, 3.05) is 0 Å². The van der Waals surface area contributed by atoms with Gasteiger partial charge in [-0.25, -0.2) is 8.78 Å². The molecule has 1 nitrogen and oxygen atoms in total. The van der Waals surface area contributed by atoms with Crippen LogP contribution in [0, 0.1) is 49.2 Å². The Morgan fingerprint density at radius 3 is 1.61 bits per heavy atom. The van der Waals surface area contributed by atoms with Gasteiger partial charge in [0.15, 0.2) is 0 Å². The second kappa shape index (κ2) is 8.93. The minimum absolute atomic E-state index is 0.0563. The molecule has 3 aromatic rings. The van der Waals surface area contributed by atoms with E-state index in [9.17, 15) is 22.0 Å². The van der Waals surface area contributed by atoms with E-state index in [2.05, 4.69) is 28.4 Å². The maximum atomic E-state index is 13.6. The van der Waals surface area contributed by atoms with Crippen molar-refractivity contribution in [3.05, 3.63) is 99.6 Å². The van der Waals surface area contributed by atoms with Crippen molar-refractivity contribution < 1.29 is 26.7 Å². The van der Waals surface area contributed by atoms with Crippen LogP contribution in [0.25, 0.3) is 0 Å². The van der Waals surface area contributed by atoms with E-state index in [1.54, 1.807) is 30.3 Å². The first-order chi connectivity index (χ1) is 14.6. The Morgan fingerprint density at radius 2 is 1.10 bits per heavy atom.